The first-order valence-corrected chi connectivity index (χ1v) is 12.4. The number of rotatable bonds is 6. The van der Waals surface area contributed by atoms with Gasteiger partial charge in [0.05, 0.1) is 65.1 Å². The fourth-order valence-corrected chi connectivity index (χ4v) is 6.94. The van der Waals surface area contributed by atoms with E-state index in [-0.39, 0.29) is 17.9 Å². The molecule has 5 atom stereocenters. The van der Waals surface area contributed by atoms with Gasteiger partial charge in [-0.1, -0.05) is 13.3 Å². The molecule has 3 saturated heterocycles. The number of fused-ring (bicyclic) bond motifs is 2. The Bertz CT molecular complexity index is 1010. The molecule has 9 nitrogen and oxygen atoms in total. The molecule has 1 aromatic rings. The fourth-order valence-electron chi connectivity index (χ4n) is 6.94. The molecule has 0 aliphatic carbocycles. The first-order chi connectivity index (χ1) is 17.0. The normalized spacial score (nSPS) is 34.0. The van der Waals surface area contributed by atoms with Gasteiger partial charge in [0.2, 0.25) is 0 Å². The second kappa shape index (κ2) is 9.19. The number of benzene rings is 1. The van der Waals surface area contributed by atoms with Crippen LogP contribution in [0.4, 0.5) is 5.69 Å². The maximum Gasteiger partial charge on any atom is 0.337 e. The van der Waals surface area contributed by atoms with E-state index in [1.807, 2.05) is 12.1 Å². The van der Waals surface area contributed by atoms with Gasteiger partial charge in [-0.05, 0) is 36.8 Å². The zero-order valence-electron chi connectivity index (χ0n) is 21.2. The molecule has 0 radical (unpaired) electrons. The summed E-state index contributed by atoms with van der Waals surface area (Å²) in [7, 11) is 6.29. The highest BCUT2D eigenvalue weighted by Gasteiger charge is 2.70. The predicted octanol–water partition coefficient (Wildman–Crippen LogP) is 2.89. The van der Waals surface area contributed by atoms with Crippen LogP contribution >= 0.6 is 0 Å². The number of carbonyl (C=O) groups excluding carboxylic acids is 1. The Morgan fingerprint density at radius 3 is 2.69 bits per heavy atom. The number of methoxy groups -OCH3 is 4. The van der Waals surface area contributed by atoms with Gasteiger partial charge in [-0.2, -0.15) is 0 Å². The summed E-state index contributed by atoms with van der Waals surface area (Å²) in [5.74, 6) is 1.24. The molecule has 0 spiro atoms. The Balaban J connectivity index is 1.62. The molecular formula is C26H36N2O7. The minimum absolute atomic E-state index is 0.0358. The van der Waals surface area contributed by atoms with Crippen LogP contribution < -0.4 is 14.8 Å². The predicted molar refractivity (Wildman–Crippen MR) is 128 cm³/mol. The molecule has 4 aliphatic heterocycles. The highest BCUT2D eigenvalue weighted by atomic mass is 16.6. The molecule has 1 N–H and O–H groups in total. The lowest BCUT2D eigenvalue weighted by Gasteiger charge is -2.61. The van der Waals surface area contributed by atoms with Crippen molar-refractivity contribution in [1.82, 2.24) is 4.90 Å². The van der Waals surface area contributed by atoms with Crippen molar-refractivity contribution in [3.8, 4) is 11.5 Å². The largest absolute Gasteiger partial charge is 0.504 e. The Labute approximate surface area is 206 Å². The molecule has 0 saturated carbocycles. The Hall–Kier alpha value is -2.49. The van der Waals surface area contributed by atoms with E-state index in [1.54, 1.807) is 27.6 Å². The van der Waals surface area contributed by atoms with Crippen molar-refractivity contribution in [3.63, 3.8) is 0 Å². The molecule has 0 bridgehead atoms. The van der Waals surface area contributed by atoms with Crippen molar-refractivity contribution in [2.24, 2.45) is 11.8 Å². The van der Waals surface area contributed by atoms with Gasteiger partial charge >= 0.3 is 5.97 Å². The molecule has 0 aromatic heterocycles. The molecule has 4 heterocycles. The molecule has 192 valence electrons. The van der Waals surface area contributed by atoms with E-state index in [9.17, 15) is 4.79 Å². The van der Waals surface area contributed by atoms with Crippen LogP contribution in [0.2, 0.25) is 0 Å². The average molecular weight is 489 g/mol. The third kappa shape index (κ3) is 3.35. The number of ether oxygens (including phenoxy) is 6. The van der Waals surface area contributed by atoms with Gasteiger partial charge in [-0.3, -0.25) is 4.90 Å². The number of hydrogen-bond donors (Lipinski definition) is 1. The third-order valence-corrected chi connectivity index (χ3v) is 8.40. The van der Waals surface area contributed by atoms with Crippen molar-refractivity contribution >= 4 is 11.7 Å². The van der Waals surface area contributed by atoms with Gasteiger partial charge in [-0.25, -0.2) is 4.79 Å². The van der Waals surface area contributed by atoms with Crippen LogP contribution in [0.15, 0.2) is 24.0 Å². The van der Waals surface area contributed by atoms with E-state index in [1.165, 1.54) is 7.11 Å². The first-order valence-electron chi connectivity index (χ1n) is 12.4. The summed E-state index contributed by atoms with van der Waals surface area (Å²) in [6, 6.07) is 3.88. The minimum atomic E-state index is -0.823. The second-order valence-electron chi connectivity index (χ2n) is 9.68. The monoisotopic (exact) mass is 488 g/mol. The molecule has 1 aromatic carbocycles. The van der Waals surface area contributed by atoms with Crippen LogP contribution in [-0.4, -0.2) is 77.4 Å². The van der Waals surface area contributed by atoms with E-state index < -0.39 is 11.3 Å². The molecule has 5 rings (SSSR count). The minimum Gasteiger partial charge on any atom is -0.504 e. The summed E-state index contributed by atoms with van der Waals surface area (Å²) in [4.78, 5) is 15.3. The summed E-state index contributed by atoms with van der Waals surface area (Å²) >= 11 is 0. The fraction of sp³-hybridized carbons (Fsp3) is 0.654. The number of nitrogens with one attached hydrogen (secondary N) is 1. The highest BCUT2D eigenvalue weighted by molar-refractivity contribution is 5.88. The van der Waals surface area contributed by atoms with Gasteiger partial charge in [-0.15, -0.1) is 0 Å². The second-order valence-corrected chi connectivity index (χ2v) is 9.68. The molecule has 4 aliphatic rings. The van der Waals surface area contributed by atoms with Crippen LogP contribution in [0.1, 0.15) is 31.7 Å². The maximum atomic E-state index is 12.8. The Morgan fingerprint density at radius 1 is 1.20 bits per heavy atom. The van der Waals surface area contributed by atoms with Crippen molar-refractivity contribution in [1.29, 1.82) is 0 Å². The van der Waals surface area contributed by atoms with E-state index in [2.05, 4.69) is 17.1 Å². The van der Waals surface area contributed by atoms with E-state index in [0.29, 0.717) is 42.6 Å². The Morgan fingerprint density at radius 2 is 2.00 bits per heavy atom. The van der Waals surface area contributed by atoms with Crippen molar-refractivity contribution in [3.05, 3.63) is 29.5 Å². The smallest absolute Gasteiger partial charge is 0.337 e. The lowest BCUT2D eigenvalue weighted by atomic mass is 9.67. The van der Waals surface area contributed by atoms with Gasteiger partial charge in [0.1, 0.15) is 5.60 Å². The van der Waals surface area contributed by atoms with Gasteiger partial charge < -0.3 is 33.7 Å². The number of piperidine rings is 2. The molecular weight excluding hydrogens is 452 g/mol. The quantitative estimate of drug-likeness (QED) is 0.369. The molecule has 0 amide bonds. The van der Waals surface area contributed by atoms with Crippen LogP contribution in [0.3, 0.4) is 0 Å². The van der Waals surface area contributed by atoms with Crippen molar-refractivity contribution in [2.75, 3.05) is 60.1 Å². The van der Waals surface area contributed by atoms with E-state index in [4.69, 9.17) is 28.4 Å². The lowest BCUT2D eigenvalue weighted by Crippen LogP contribution is -2.75. The van der Waals surface area contributed by atoms with Crippen LogP contribution in [0.5, 0.6) is 11.5 Å². The van der Waals surface area contributed by atoms with E-state index in [0.717, 1.165) is 37.2 Å². The summed E-state index contributed by atoms with van der Waals surface area (Å²) < 4.78 is 35.4. The van der Waals surface area contributed by atoms with Crippen LogP contribution in [-0.2, 0) is 29.3 Å². The van der Waals surface area contributed by atoms with Gasteiger partial charge in [0, 0.05) is 18.8 Å². The maximum absolute atomic E-state index is 12.8. The van der Waals surface area contributed by atoms with Gasteiger partial charge in [0.15, 0.2) is 17.2 Å². The van der Waals surface area contributed by atoms with E-state index >= 15 is 0 Å². The highest BCUT2D eigenvalue weighted by Crippen LogP contribution is 2.62. The molecule has 0 unspecified atom stereocenters. The van der Waals surface area contributed by atoms with Crippen molar-refractivity contribution in [2.45, 2.75) is 43.6 Å². The first kappa shape index (κ1) is 24.2. The van der Waals surface area contributed by atoms with Crippen LogP contribution in [0, 0.1) is 11.8 Å². The molecule has 9 heteroatoms. The van der Waals surface area contributed by atoms with Crippen molar-refractivity contribution < 1.29 is 33.2 Å². The SMILES string of the molecule is CC[C@@H]1CN2CC[C@@]34OCCO[C@@]3(Nc3ccc(OC)c(OC)c34)[C@@H]2C[C@@H]1/C(=C\OC)C(=O)OC. The summed E-state index contributed by atoms with van der Waals surface area (Å²) in [6.45, 7) is 4.85. The zero-order valence-corrected chi connectivity index (χ0v) is 21.2. The number of hydrogen-bond acceptors (Lipinski definition) is 9. The standard InChI is InChI=1S/C26H36N2O7/c1-6-16-14-28-10-9-25-22-19(7-8-20(31-3)23(22)32-4)27-26(25,35-12-11-34-25)21(28)13-17(16)18(15-30-2)24(29)33-5/h7-8,15-17,21,27H,6,9-14H2,1-5H3/b18-15+/t16-,17+,21+,25+,26+/m1/s1. The summed E-state index contributed by atoms with van der Waals surface area (Å²) in [6.07, 6.45) is 3.95. The third-order valence-electron chi connectivity index (χ3n) is 8.40. The average Bonchev–Trinajstić information content (AvgIpc) is 3.21. The zero-order chi connectivity index (χ0) is 24.8. The number of esters is 1. The van der Waals surface area contributed by atoms with Crippen LogP contribution in [0.25, 0.3) is 0 Å². The molecule has 35 heavy (non-hydrogen) atoms. The molecule has 3 fully saturated rings. The Kier molecular flexibility index (Phi) is 6.35. The summed E-state index contributed by atoms with van der Waals surface area (Å²) in [5, 5.41) is 3.74. The number of anilines is 1. The number of nitrogens with zero attached hydrogens (tertiary/aromatic N) is 1. The summed E-state index contributed by atoms with van der Waals surface area (Å²) in [5.41, 5.74) is 0.897. The topological polar surface area (TPSA) is 87.7 Å². The lowest BCUT2D eigenvalue weighted by molar-refractivity contribution is -0.297. The number of carbonyl (C=O) groups is 1. The van der Waals surface area contributed by atoms with Gasteiger partial charge in [0.25, 0.3) is 0 Å².